The Labute approximate surface area is 106 Å². The molecule has 1 aromatic carbocycles. The number of carboxylic acids is 1. The van der Waals surface area contributed by atoms with Gasteiger partial charge in [0.05, 0.1) is 0 Å². The molecule has 0 bridgehead atoms. The number of nitrogens with zero attached hydrogens (tertiary/aromatic N) is 1. The van der Waals surface area contributed by atoms with Gasteiger partial charge in [-0.1, -0.05) is 12.1 Å². The SMILES string of the molecule is O=C(O)CCc1cccc(NC2=NCCCN2)c1. The van der Waals surface area contributed by atoms with E-state index in [4.69, 9.17) is 5.11 Å². The monoisotopic (exact) mass is 247 g/mol. The molecule has 2 rings (SSSR count). The molecular formula is C13H17N3O2. The third-order valence-electron chi connectivity index (χ3n) is 2.71. The number of carboxylic acid groups (broad SMARTS) is 1. The van der Waals surface area contributed by atoms with Gasteiger partial charge >= 0.3 is 5.97 Å². The van der Waals surface area contributed by atoms with Crippen LogP contribution < -0.4 is 10.6 Å². The lowest BCUT2D eigenvalue weighted by atomic mass is 10.1. The highest BCUT2D eigenvalue weighted by Gasteiger charge is 2.05. The predicted octanol–water partition coefficient (Wildman–Crippen LogP) is 1.46. The van der Waals surface area contributed by atoms with Crippen LogP contribution in [0.15, 0.2) is 29.3 Å². The Kier molecular flexibility index (Phi) is 4.17. The molecule has 1 aromatic rings. The van der Waals surface area contributed by atoms with Crippen LogP contribution >= 0.6 is 0 Å². The summed E-state index contributed by atoms with van der Waals surface area (Å²) >= 11 is 0. The van der Waals surface area contributed by atoms with Crippen LogP contribution in [0.4, 0.5) is 5.69 Å². The van der Waals surface area contributed by atoms with Gasteiger partial charge < -0.3 is 15.7 Å². The lowest BCUT2D eigenvalue weighted by molar-refractivity contribution is -0.136. The first-order valence-corrected chi connectivity index (χ1v) is 6.10. The highest BCUT2D eigenvalue weighted by Crippen LogP contribution is 2.12. The summed E-state index contributed by atoms with van der Waals surface area (Å²) < 4.78 is 0. The first kappa shape index (κ1) is 12.4. The quantitative estimate of drug-likeness (QED) is 0.753. The van der Waals surface area contributed by atoms with Gasteiger partial charge in [-0.2, -0.15) is 0 Å². The molecule has 1 heterocycles. The first-order valence-electron chi connectivity index (χ1n) is 6.10. The van der Waals surface area contributed by atoms with Crippen LogP contribution in [-0.2, 0) is 11.2 Å². The van der Waals surface area contributed by atoms with Gasteiger partial charge in [0, 0.05) is 25.2 Å². The van der Waals surface area contributed by atoms with Crippen molar-refractivity contribution < 1.29 is 9.90 Å². The second kappa shape index (κ2) is 6.05. The number of hydrogen-bond acceptors (Lipinski definition) is 4. The fourth-order valence-corrected chi connectivity index (χ4v) is 1.81. The number of carbonyl (C=O) groups is 1. The zero-order valence-corrected chi connectivity index (χ0v) is 10.1. The van der Waals surface area contributed by atoms with Gasteiger partial charge in [-0.25, -0.2) is 0 Å². The van der Waals surface area contributed by atoms with Crippen molar-refractivity contribution >= 4 is 17.6 Å². The zero-order valence-electron chi connectivity index (χ0n) is 10.1. The summed E-state index contributed by atoms with van der Waals surface area (Å²) in [5.74, 6) is 0.0170. The fourth-order valence-electron chi connectivity index (χ4n) is 1.81. The van der Waals surface area contributed by atoms with Gasteiger partial charge in [0.15, 0.2) is 5.96 Å². The number of guanidine groups is 1. The molecule has 5 heteroatoms. The van der Waals surface area contributed by atoms with E-state index in [2.05, 4.69) is 15.6 Å². The van der Waals surface area contributed by atoms with Gasteiger partial charge in [0.2, 0.25) is 0 Å². The van der Waals surface area contributed by atoms with E-state index in [9.17, 15) is 4.79 Å². The minimum atomic E-state index is -0.772. The average molecular weight is 247 g/mol. The van der Waals surface area contributed by atoms with E-state index in [1.807, 2.05) is 24.3 Å². The standard InChI is InChI=1S/C13H17N3O2/c17-12(18)6-5-10-3-1-4-11(9-10)16-13-14-7-2-8-15-13/h1,3-4,9H,2,5-8H2,(H,17,18)(H2,14,15,16). The molecule has 1 aliphatic heterocycles. The van der Waals surface area contributed by atoms with Crippen molar-refractivity contribution in [2.75, 3.05) is 18.4 Å². The molecule has 0 spiro atoms. The Morgan fingerprint density at radius 1 is 1.50 bits per heavy atom. The van der Waals surface area contributed by atoms with Gasteiger partial charge in [-0.3, -0.25) is 9.79 Å². The Bertz CT molecular complexity index is 457. The maximum Gasteiger partial charge on any atom is 0.303 e. The van der Waals surface area contributed by atoms with Crippen molar-refractivity contribution in [2.24, 2.45) is 4.99 Å². The fraction of sp³-hybridized carbons (Fsp3) is 0.385. The third kappa shape index (κ3) is 3.76. The van der Waals surface area contributed by atoms with Crippen LogP contribution in [0.25, 0.3) is 0 Å². The van der Waals surface area contributed by atoms with Crippen LogP contribution in [-0.4, -0.2) is 30.1 Å². The molecule has 0 amide bonds. The molecule has 3 N–H and O–H groups in total. The Hall–Kier alpha value is -2.04. The summed E-state index contributed by atoms with van der Waals surface area (Å²) in [5, 5.41) is 15.0. The van der Waals surface area contributed by atoms with E-state index in [-0.39, 0.29) is 6.42 Å². The number of nitrogens with one attached hydrogen (secondary N) is 2. The molecule has 18 heavy (non-hydrogen) atoms. The van der Waals surface area contributed by atoms with Gasteiger partial charge in [-0.15, -0.1) is 0 Å². The van der Waals surface area contributed by atoms with E-state index in [1.54, 1.807) is 0 Å². The van der Waals surface area contributed by atoms with Crippen molar-refractivity contribution in [3.8, 4) is 0 Å². The van der Waals surface area contributed by atoms with Crippen molar-refractivity contribution in [1.29, 1.82) is 0 Å². The second-order valence-electron chi connectivity index (χ2n) is 4.23. The van der Waals surface area contributed by atoms with Crippen LogP contribution in [0.3, 0.4) is 0 Å². The minimum absolute atomic E-state index is 0.155. The van der Waals surface area contributed by atoms with Gasteiger partial charge in [0.25, 0.3) is 0 Å². The average Bonchev–Trinajstić information content (AvgIpc) is 2.38. The molecule has 0 radical (unpaired) electrons. The minimum Gasteiger partial charge on any atom is -0.481 e. The Balaban J connectivity index is 1.98. The van der Waals surface area contributed by atoms with Gasteiger partial charge in [-0.05, 0) is 30.5 Å². The summed E-state index contributed by atoms with van der Waals surface area (Å²) in [5.41, 5.74) is 1.95. The van der Waals surface area contributed by atoms with E-state index in [1.165, 1.54) is 0 Å². The number of aliphatic imine (C=N–C) groups is 1. The molecule has 1 aliphatic rings. The number of aliphatic carboxylic acids is 1. The number of aryl methyl sites for hydroxylation is 1. The van der Waals surface area contributed by atoms with Crippen molar-refractivity contribution in [2.45, 2.75) is 19.3 Å². The number of hydrogen-bond donors (Lipinski definition) is 3. The van der Waals surface area contributed by atoms with Gasteiger partial charge in [0.1, 0.15) is 0 Å². The van der Waals surface area contributed by atoms with Crippen LogP contribution in [0, 0.1) is 0 Å². The lowest BCUT2D eigenvalue weighted by Crippen LogP contribution is -2.35. The van der Waals surface area contributed by atoms with Crippen molar-refractivity contribution in [1.82, 2.24) is 5.32 Å². The van der Waals surface area contributed by atoms with Crippen LogP contribution in [0.1, 0.15) is 18.4 Å². The number of benzene rings is 1. The second-order valence-corrected chi connectivity index (χ2v) is 4.23. The molecule has 0 aliphatic carbocycles. The predicted molar refractivity (Wildman–Crippen MR) is 70.9 cm³/mol. The maximum atomic E-state index is 10.5. The van der Waals surface area contributed by atoms with E-state index >= 15 is 0 Å². The van der Waals surface area contributed by atoms with E-state index < -0.39 is 5.97 Å². The molecule has 0 atom stereocenters. The maximum absolute atomic E-state index is 10.5. The molecule has 0 saturated heterocycles. The summed E-state index contributed by atoms with van der Waals surface area (Å²) in [6.07, 6.45) is 1.76. The number of rotatable bonds is 4. The molecule has 0 saturated carbocycles. The smallest absolute Gasteiger partial charge is 0.303 e. The highest BCUT2D eigenvalue weighted by atomic mass is 16.4. The lowest BCUT2D eigenvalue weighted by Gasteiger charge is -2.16. The molecule has 0 unspecified atom stereocenters. The normalized spacial score (nSPS) is 14.6. The highest BCUT2D eigenvalue weighted by molar-refractivity contribution is 5.94. The van der Waals surface area contributed by atoms with Crippen LogP contribution in [0.5, 0.6) is 0 Å². The van der Waals surface area contributed by atoms with E-state index in [0.717, 1.165) is 36.7 Å². The van der Waals surface area contributed by atoms with E-state index in [0.29, 0.717) is 6.42 Å². The third-order valence-corrected chi connectivity index (χ3v) is 2.71. The summed E-state index contributed by atoms with van der Waals surface area (Å²) in [6, 6.07) is 7.76. The Morgan fingerprint density at radius 2 is 2.39 bits per heavy atom. The number of anilines is 1. The summed E-state index contributed by atoms with van der Waals surface area (Å²) in [4.78, 5) is 14.9. The Morgan fingerprint density at radius 3 is 3.11 bits per heavy atom. The largest absolute Gasteiger partial charge is 0.481 e. The first-order chi connectivity index (χ1) is 8.74. The zero-order chi connectivity index (χ0) is 12.8. The molecule has 96 valence electrons. The van der Waals surface area contributed by atoms with Crippen molar-refractivity contribution in [3.63, 3.8) is 0 Å². The molecule has 0 aromatic heterocycles. The molecule has 0 fully saturated rings. The summed E-state index contributed by atoms with van der Waals surface area (Å²) in [7, 11) is 0. The topological polar surface area (TPSA) is 73.7 Å². The van der Waals surface area contributed by atoms with Crippen LogP contribution in [0.2, 0.25) is 0 Å². The molecular weight excluding hydrogens is 230 g/mol. The summed E-state index contributed by atoms with van der Waals surface area (Å²) in [6.45, 7) is 1.78. The molecule has 5 nitrogen and oxygen atoms in total. The van der Waals surface area contributed by atoms with Crippen molar-refractivity contribution in [3.05, 3.63) is 29.8 Å².